The molecule has 1 saturated heterocycles. The number of amides is 1. The van der Waals surface area contributed by atoms with E-state index in [-0.39, 0.29) is 16.9 Å². The molecule has 0 spiro atoms. The molecule has 0 radical (unpaired) electrons. The standard InChI is InChI=1S/C17H24N4O4S/c1-3-10-20(2)17(22)13-7-11-21(12-8-13)26(23,24)16-5-4-15(25-16)14-6-9-18-19-14/h4-6,9,13H,3,7-8,10-12H2,1-2H3,(H,18,19). The third kappa shape index (κ3) is 3.68. The van der Waals surface area contributed by atoms with Gasteiger partial charge < -0.3 is 9.32 Å². The Labute approximate surface area is 153 Å². The van der Waals surface area contributed by atoms with E-state index in [9.17, 15) is 13.2 Å². The van der Waals surface area contributed by atoms with Gasteiger partial charge in [-0.05, 0) is 37.5 Å². The topological polar surface area (TPSA) is 99.5 Å². The van der Waals surface area contributed by atoms with Crippen molar-refractivity contribution in [3.05, 3.63) is 24.4 Å². The molecule has 1 N–H and O–H groups in total. The lowest BCUT2D eigenvalue weighted by Gasteiger charge is -2.31. The van der Waals surface area contributed by atoms with Gasteiger partial charge in [-0.15, -0.1) is 0 Å². The van der Waals surface area contributed by atoms with Crippen molar-refractivity contribution in [3.8, 4) is 11.5 Å². The van der Waals surface area contributed by atoms with Gasteiger partial charge in [0.1, 0.15) is 5.69 Å². The van der Waals surface area contributed by atoms with E-state index in [0.717, 1.165) is 13.0 Å². The maximum Gasteiger partial charge on any atom is 0.276 e. The van der Waals surface area contributed by atoms with Gasteiger partial charge in [-0.25, -0.2) is 8.42 Å². The van der Waals surface area contributed by atoms with Crippen molar-refractivity contribution in [2.24, 2.45) is 5.92 Å². The molecular formula is C17H24N4O4S. The van der Waals surface area contributed by atoms with Crippen LogP contribution in [-0.2, 0) is 14.8 Å². The number of piperidine rings is 1. The van der Waals surface area contributed by atoms with Crippen LogP contribution >= 0.6 is 0 Å². The molecule has 0 unspecified atom stereocenters. The molecule has 9 heteroatoms. The molecule has 1 aliphatic rings. The lowest BCUT2D eigenvalue weighted by Crippen LogP contribution is -2.43. The third-order valence-corrected chi connectivity index (χ3v) is 6.45. The highest BCUT2D eigenvalue weighted by atomic mass is 32.2. The summed E-state index contributed by atoms with van der Waals surface area (Å²) in [5, 5.41) is 6.49. The fourth-order valence-electron chi connectivity index (χ4n) is 3.22. The number of rotatable bonds is 6. The summed E-state index contributed by atoms with van der Waals surface area (Å²) in [7, 11) is -1.90. The van der Waals surface area contributed by atoms with Crippen LogP contribution in [0.1, 0.15) is 26.2 Å². The Bertz CT molecular complexity index is 836. The first-order valence-electron chi connectivity index (χ1n) is 8.78. The van der Waals surface area contributed by atoms with E-state index in [1.807, 2.05) is 6.92 Å². The molecular weight excluding hydrogens is 356 g/mol. The number of aromatic nitrogens is 2. The van der Waals surface area contributed by atoms with Crippen LogP contribution in [0.3, 0.4) is 0 Å². The number of hydrogen-bond donors (Lipinski definition) is 1. The molecule has 0 aliphatic carbocycles. The quantitative estimate of drug-likeness (QED) is 0.825. The smallest absolute Gasteiger partial charge is 0.276 e. The second-order valence-electron chi connectivity index (χ2n) is 6.53. The zero-order valence-electron chi connectivity index (χ0n) is 15.0. The minimum absolute atomic E-state index is 0.0880. The number of aromatic amines is 1. The highest BCUT2D eigenvalue weighted by molar-refractivity contribution is 7.89. The van der Waals surface area contributed by atoms with Crippen LogP contribution in [0.2, 0.25) is 0 Å². The van der Waals surface area contributed by atoms with Gasteiger partial charge in [-0.3, -0.25) is 9.89 Å². The zero-order chi connectivity index (χ0) is 18.7. The SMILES string of the molecule is CCCN(C)C(=O)C1CCN(S(=O)(=O)c2ccc(-c3ccn[nH]3)o2)CC1. The molecule has 1 aliphatic heterocycles. The summed E-state index contributed by atoms with van der Waals surface area (Å²) in [6.07, 6.45) is 3.54. The molecule has 0 bridgehead atoms. The Kier molecular flexibility index (Phi) is 5.47. The van der Waals surface area contributed by atoms with Crippen LogP contribution in [0.15, 0.2) is 33.9 Å². The summed E-state index contributed by atoms with van der Waals surface area (Å²) in [4.78, 5) is 14.1. The summed E-state index contributed by atoms with van der Waals surface area (Å²) >= 11 is 0. The summed E-state index contributed by atoms with van der Waals surface area (Å²) in [5.74, 6) is 0.408. The van der Waals surface area contributed by atoms with Crippen LogP contribution in [0.4, 0.5) is 0 Å². The normalized spacial score (nSPS) is 16.7. The van der Waals surface area contributed by atoms with Crippen molar-refractivity contribution in [2.45, 2.75) is 31.3 Å². The molecule has 0 saturated carbocycles. The van der Waals surface area contributed by atoms with Crippen LogP contribution < -0.4 is 0 Å². The summed E-state index contributed by atoms with van der Waals surface area (Å²) in [5.41, 5.74) is 0.620. The Morgan fingerprint density at radius 3 is 2.69 bits per heavy atom. The van der Waals surface area contributed by atoms with Gasteiger partial charge in [0.15, 0.2) is 5.76 Å². The van der Waals surface area contributed by atoms with E-state index < -0.39 is 10.0 Å². The number of nitrogens with one attached hydrogen (secondary N) is 1. The summed E-state index contributed by atoms with van der Waals surface area (Å²) < 4.78 is 32.5. The van der Waals surface area contributed by atoms with Gasteiger partial charge in [0.2, 0.25) is 11.0 Å². The highest BCUT2D eigenvalue weighted by Crippen LogP contribution is 2.28. The van der Waals surface area contributed by atoms with Gasteiger partial charge in [-0.2, -0.15) is 9.40 Å². The second kappa shape index (κ2) is 7.63. The van der Waals surface area contributed by atoms with Crippen molar-refractivity contribution in [3.63, 3.8) is 0 Å². The van der Waals surface area contributed by atoms with E-state index in [0.29, 0.717) is 37.4 Å². The first-order chi connectivity index (χ1) is 12.4. The monoisotopic (exact) mass is 380 g/mol. The molecule has 8 nitrogen and oxygen atoms in total. The van der Waals surface area contributed by atoms with Gasteiger partial charge >= 0.3 is 0 Å². The fourth-order valence-corrected chi connectivity index (χ4v) is 4.61. The molecule has 3 rings (SSSR count). The predicted molar refractivity (Wildman–Crippen MR) is 95.7 cm³/mol. The van der Waals surface area contributed by atoms with Gasteiger partial charge in [0.25, 0.3) is 10.0 Å². The number of H-pyrrole nitrogens is 1. The minimum Gasteiger partial charge on any atom is -0.442 e. The molecule has 1 amide bonds. The van der Waals surface area contributed by atoms with Crippen LogP contribution in [-0.4, -0.2) is 60.4 Å². The first-order valence-corrected chi connectivity index (χ1v) is 10.2. The molecule has 0 aromatic carbocycles. The zero-order valence-corrected chi connectivity index (χ0v) is 15.8. The minimum atomic E-state index is -3.70. The molecule has 1 fully saturated rings. The van der Waals surface area contributed by atoms with Crippen LogP contribution in [0.5, 0.6) is 0 Å². The van der Waals surface area contributed by atoms with Gasteiger partial charge in [0.05, 0.1) is 0 Å². The molecule has 2 aromatic rings. The second-order valence-corrected chi connectivity index (χ2v) is 8.40. The summed E-state index contributed by atoms with van der Waals surface area (Å²) in [6.45, 7) is 3.39. The molecule has 142 valence electrons. The van der Waals surface area contributed by atoms with E-state index in [1.165, 1.54) is 10.4 Å². The van der Waals surface area contributed by atoms with Gasteiger partial charge in [-0.1, -0.05) is 6.92 Å². The molecule has 3 heterocycles. The fraction of sp³-hybridized carbons (Fsp3) is 0.529. The summed E-state index contributed by atoms with van der Waals surface area (Å²) in [6, 6.07) is 4.77. The number of sulfonamides is 1. The lowest BCUT2D eigenvalue weighted by atomic mass is 9.96. The lowest BCUT2D eigenvalue weighted by molar-refractivity contribution is -0.135. The number of carbonyl (C=O) groups excluding carboxylic acids is 1. The largest absolute Gasteiger partial charge is 0.442 e. The molecule has 26 heavy (non-hydrogen) atoms. The van der Waals surface area contributed by atoms with Crippen molar-refractivity contribution in [1.82, 2.24) is 19.4 Å². The van der Waals surface area contributed by atoms with Crippen LogP contribution in [0.25, 0.3) is 11.5 Å². The number of nitrogens with zero attached hydrogens (tertiary/aromatic N) is 3. The van der Waals surface area contributed by atoms with Gasteiger partial charge in [0, 0.05) is 38.8 Å². The maximum absolute atomic E-state index is 12.8. The van der Waals surface area contributed by atoms with E-state index in [4.69, 9.17) is 4.42 Å². The highest BCUT2D eigenvalue weighted by Gasteiger charge is 2.34. The Morgan fingerprint density at radius 2 is 2.08 bits per heavy atom. The van der Waals surface area contributed by atoms with Crippen LogP contribution in [0, 0.1) is 5.92 Å². The van der Waals surface area contributed by atoms with Crippen molar-refractivity contribution in [2.75, 3.05) is 26.7 Å². The maximum atomic E-state index is 12.8. The Balaban J connectivity index is 1.66. The number of carbonyl (C=O) groups is 1. The average molecular weight is 380 g/mol. The third-order valence-electron chi connectivity index (χ3n) is 4.68. The Morgan fingerprint density at radius 1 is 1.35 bits per heavy atom. The van der Waals surface area contributed by atoms with Crippen molar-refractivity contribution in [1.29, 1.82) is 0 Å². The van der Waals surface area contributed by atoms with Crippen molar-refractivity contribution >= 4 is 15.9 Å². The van der Waals surface area contributed by atoms with E-state index >= 15 is 0 Å². The molecule has 0 atom stereocenters. The first kappa shape index (κ1) is 18.7. The van der Waals surface area contributed by atoms with E-state index in [2.05, 4.69) is 10.2 Å². The number of furan rings is 1. The predicted octanol–water partition coefficient (Wildman–Crippen LogP) is 1.94. The Hall–Kier alpha value is -2.13. The van der Waals surface area contributed by atoms with Crippen molar-refractivity contribution < 1.29 is 17.6 Å². The number of hydrogen-bond acceptors (Lipinski definition) is 5. The average Bonchev–Trinajstić information content (AvgIpc) is 3.32. The molecule has 2 aromatic heterocycles. The van der Waals surface area contributed by atoms with E-state index in [1.54, 1.807) is 30.3 Å².